The minimum absolute atomic E-state index is 0.525. The second-order valence-electron chi connectivity index (χ2n) is 2.48. The Bertz CT molecular complexity index is 286. The zero-order valence-corrected chi connectivity index (χ0v) is 8.00. The normalized spacial score (nSPS) is 10.6. The van der Waals surface area contributed by atoms with E-state index in [4.69, 9.17) is 22.1 Å². The second-order valence-corrected chi connectivity index (χ2v) is 2.91. The lowest BCUT2D eigenvalue weighted by Gasteiger charge is -2.02. The van der Waals surface area contributed by atoms with Crippen LogP contribution in [0, 0.1) is 0 Å². The van der Waals surface area contributed by atoms with Gasteiger partial charge in [-0.15, -0.1) is 0 Å². The minimum atomic E-state index is 0.525. The fourth-order valence-corrected chi connectivity index (χ4v) is 1.05. The van der Waals surface area contributed by atoms with Crippen LogP contribution in [-0.4, -0.2) is 13.2 Å². The molecule has 1 rings (SSSR count). The Morgan fingerprint density at radius 3 is 2.92 bits per heavy atom. The van der Waals surface area contributed by atoms with Gasteiger partial charge in [0.1, 0.15) is 12.4 Å². The van der Waals surface area contributed by atoms with Gasteiger partial charge < -0.3 is 10.5 Å². The molecule has 0 aliphatic rings. The third-order valence-corrected chi connectivity index (χ3v) is 1.68. The van der Waals surface area contributed by atoms with Crippen LogP contribution in [0.15, 0.2) is 36.4 Å². The van der Waals surface area contributed by atoms with Crippen molar-refractivity contribution < 1.29 is 4.74 Å². The number of ether oxygens (including phenoxy) is 1. The highest BCUT2D eigenvalue weighted by Gasteiger charge is 1.91. The van der Waals surface area contributed by atoms with E-state index in [9.17, 15) is 0 Å². The van der Waals surface area contributed by atoms with Gasteiger partial charge in [0.25, 0.3) is 0 Å². The maximum atomic E-state index is 5.77. The summed E-state index contributed by atoms with van der Waals surface area (Å²) in [5.41, 5.74) is 5.27. The van der Waals surface area contributed by atoms with Crippen LogP contribution in [0.5, 0.6) is 5.75 Å². The molecule has 0 amide bonds. The second kappa shape index (κ2) is 5.62. The Kier molecular flexibility index (Phi) is 4.36. The van der Waals surface area contributed by atoms with Crippen LogP contribution in [-0.2, 0) is 0 Å². The predicted octanol–water partition coefficient (Wildman–Crippen LogP) is 2.23. The topological polar surface area (TPSA) is 35.2 Å². The summed E-state index contributed by atoms with van der Waals surface area (Å²) in [4.78, 5) is 0. The van der Waals surface area contributed by atoms with Crippen molar-refractivity contribution in [3.8, 4) is 5.75 Å². The smallest absolute Gasteiger partial charge is 0.121 e. The maximum absolute atomic E-state index is 5.77. The fourth-order valence-electron chi connectivity index (χ4n) is 0.865. The molecule has 70 valence electrons. The molecule has 0 fully saturated rings. The number of halogens is 1. The van der Waals surface area contributed by atoms with Gasteiger partial charge in [0.2, 0.25) is 0 Å². The summed E-state index contributed by atoms with van der Waals surface area (Å²) in [6, 6.07) is 7.30. The number of hydrogen-bond acceptors (Lipinski definition) is 2. The molecule has 0 aromatic heterocycles. The summed E-state index contributed by atoms with van der Waals surface area (Å²) in [7, 11) is 0. The summed E-state index contributed by atoms with van der Waals surface area (Å²) in [6.07, 6.45) is 3.73. The zero-order valence-electron chi connectivity index (χ0n) is 7.24. The first-order valence-electron chi connectivity index (χ1n) is 4.06. The molecule has 13 heavy (non-hydrogen) atoms. The Hall–Kier alpha value is -0.990. The van der Waals surface area contributed by atoms with Gasteiger partial charge in [0.15, 0.2) is 0 Å². The highest BCUT2D eigenvalue weighted by Crippen LogP contribution is 2.16. The Balaban J connectivity index is 2.41. The lowest BCUT2D eigenvalue weighted by atomic mass is 10.3. The molecule has 0 atom stereocenters. The van der Waals surface area contributed by atoms with Crippen LogP contribution in [0.1, 0.15) is 0 Å². The number of benzene rings is 1. The summed E-state index contributed by atoms with van der Waals surface area (Å²) in [5, 5.41) is 0.681. The number of hydrogen-bond donors (Lipinski definition) is 1. The molecule has 2 nitrogen and oxygen atoms in total. The standard InChI is InChI=1S/C10H12ClNO/c11-9-4-3-5-10(8-9)13-7-2-1-6-12/h1-5,8H,6-7,12H2. The molecule has 0 saturated heterocycles. The third kappa shape index (κ3) is 3.97. The lowest BCUT2D eigenvalue weighted by Crippen LogP contribution is -1.96. The van der Waals surface area contributed by atoms with E-state index < -0.39 is 0 Å². The van der Waals surface area contributed by atoms with E-state index in [1.54, 1.807) is 6.07 Å². The largest absolute Gasteiger partial charge is 0.489 e. The Morgan fingerprint density at radius 1 is 1.38 bits per heavy atom. The van der Waals surface area contributed by atoms with Gasteiger partial charge in [-0.05, 0) is 18.2 Å². The van der Waals surface area contributed by atoms with Crippen LogP contribution >= 0.6 is 11.6 Å². The molecule has 1 aromatic carbocycles. The van der Waals surface area contributed by atoms with Gasteiger partial charge in [-0.1, -0.05) is 29.8 Å². The van der Waals surface area contributed by atoms with Gasteiger partial charge in [0.05, 0.1) is 0 Å². The Labute approximate surface area is 83.0 Å². The molecule has 0 spiro atoms. The summed E-state index contributed by atoms with van der Waals surface area (Å²) < 4.78 is 5.36. The molecule has 0 radical (unpaired) electrons. The van der Waals surface area contributed by atoms with Gasteiger partial charge in [0, 0.05) is 11.6 Å². The molecule has 0 saturated carbocycles. The SMILES string of the molecule is NCC=CCOc1cccc(Cl)c1. The van der Waals surface area contributed by atoms with Crippen LogP contribution in [0.3, 0.4) is 0 Å². The van der Waals surface area contributed by atoms with Crippen molar-refractivity contribution in [2.45, 2.75) is 0 Å². The van der Waals surface area contributed by atoms with Gasteiger partial charge in [-0.2, -0.15) is 0 Å². The van der Waals surface area contributed by atoms with Crippen LogP contribution in [0.2, 0.25) is 5.02 Å². The first-order chi connectivity index (χ1) is 6.33. The lowest BCUT2D eigenvalue weighted by molar-refractivity contribution is 0.362. The van der Waals surface area contributed by atoms with Crippen molar-refractivity contribution in [3.63, 3.8) is 0 Å². The minimum Gasteiger partial charge on any atom is -0.489 e. The van der Waals surface area contributed by atoms with E-state index in [-0.39, 0.29) is 0 Å². The maximum Gasteiger partial charge on any atom is 0.121 e. The molecule has 0 bridgehead atoms. The van der Waals surface area contributed by atoms with E-state index in [1.807, 2.05) is 30.4 Å². The van der Waals surface area contributed by atoms with Gasteiger partial charge >= 0.3 is 0 Å². The van der Waals surface area contributed by atoms with E-state index in [0.717, 1.165) is 5.75 Å². The molecule has 2 N–H and O–H groups in total. The van der Waals surface area contributed by atoms with E-state index in [2.05, 4.69) is 0 Å². The highest BCUT2D eigenvalue weighted by atomic mass is 35.5. The molecule has 3 heteroatoms. The van der Waals surface area contributed by atoms with E-state index in [0.29, 0.717) is 18.2 Å². The van der Waals surface area contributed by atoms with Gasteiger partial charge in [-0.25, -0.2) is 0 Å². The summed E-state index contributed by atoms with van der Waals surface area (Å²) in [5.74, 6) is 0.772. The van der Waals surface area contributed by atoms with Crippen molar-refractivity contribution in [1.29, 1.82) is 0 Å². The quantitative estimate of drug-likeness (QED) is 0.752. The first kappa shape index (κ1) is 10.1. The predicted molar refractivity (Wildman–Crippen MR) is 55.1 cm³/mol. The number of rotatable bonds is 4. The first-order valence-corrected chi connectivity index (χ1v) is 4.44. The van der Waals surface area contributed by atoms with Crippen LogP contribution in [0.25, 0.3) is 0 Å². The van der Waals surface area contributed by atoms with Crippen molar-refractivity contribution in [3.05, 3.63) is 41.4 Å². The van der Waals surface area contributed by atoms with Crippen molar-refractivity contribution in [2.75, 3.05) is 13.2 Å². The van der Waals surface area contributed by atoms with E-state index >= 15 is 0 Å². The molecular formula is C10H12ClNO. The summed E-state index contributed by atoms with van der Waals surface area (Å²) >= 11 is 5.77. The molecule has 0 heterocycles. The molecule has 0 aliphatic carbocycles. The monoisotopic (exact) mass is 197 g/mol. The molecular weight excluding hydrogens is 186 g/mol. The van der Waals surface area contributed by atoms with E-state index in [1.165, 1.54) is 0 Å². The zero-order chi connectivity index (χ0) is 9.52. The van der Waals surface area contributed by atoms with Crippen LogP contribution < -0.4 is 10.5 Å². The molecule has 0 unspecified atom stereocenters. The number of nitrogens with two attached hydrogens (primary N) is 1. The van der Waals surface area contributed by atoms with Crippen molar-refractivity contribution in [1.82, 2.24) is 0 Å². The highest BCUT2D eigenvalue weighted by molar-refractivity contribution is 6.30. The third-order valence-electron chi connectivity index (χ3n) is 1.45. The fraction of sp³-hybridized carbons (Fsp3) is 0.200. The van der Waals surface area contributed by atoms with Gasteiger partial charge in [-0.3, -0.25) is 0 Å². The summed E-state index contributed by atoms with van der Waals surface area (Å²) in [6.45, 7) is 1.07. The van der Waals surface area contributed by atoms with Crippen LogP contribution in [0.4, 0.5) is 0 Å². The Morgan fingerprint density at radius 2 is 2.23 bits per heavy atom. The van der Waals surface area contributed by atoms with Crippen molar-refractivity contribution >= 4 is 11.6 Å². The molecule has 1 aromatic rings. The average molecular weight is 198 g/mol. The van der Waals surface area contributed by atoms with Crippen molar-refractivity contribution in [2.24, 2.45) is 5.73 Å². The average Bonchev–Trinajstić information content (AvgIpc) is 2.13. The molecule has 0 aliphatic heterocycles.